The molecule has 0 radical (unpaired) electrons. The summed E-state index contributed by atoms with van der Waals surface area (Å²) in [5.41, 5.74) is 4.78. The molecular weight excluding hydrogens is 260 g/mol. The van der Waals surface area contributed by atoms with Crippen LogP contribution < -0.4 is 5.32 Å². The Morgan fingerprint density at radius 3 is 2.76 bits per heavy atom. The van der Waals surface area contributed by atoms with Gasteiger partial charge in [-0.15, -0.1) is 0 Å². The maximum absolute atomic E-state index is 12.6. The highest BCUT2D eigenvalue weighted by Gasteiger charge is 2.15. The third-order valence-electron chi connectivity index (χ3n) is 3.95. The van der Waals surface area contributed by atoms with E-state index in [0.29, 0.717) is 5.56 Å². The van der Waals surface area contributed by atoms with Gasteiger partial charge in [-0.3, -0.25) is 9.78 Å². The van der Waals surface area contributed by atoms with E-state index in [1.54, 1.807) is 6.20 Å². The highest BCUT2D eigenvalue weighted by Crippen LogP contribution is 2.20. The van der Waals surface area contributed by atoms with E-state index in [4.69, 9.17) is 0 Å². The number of aromatic nitrogens is 1. The molecule has 1 N–H and O–H groups in total. The molecular formula is C18H14N2O. The summed E-state index contributed by atoms with van der Waals surface area (Å²) in [5, 5.41) is 4.29. The van der Waals surface area contributed by atoms with Crippen LogP contribution in [-0.2, 0) is 13.1 Å². The lowest BCUT2D eigenvalue weighted by atomic mass is 9.99. The minimum atomic E-state index is 0.0305. The molecule has 0 saturated carbocycles. The predicted molar refractivity (Wildman–Crippen MR) is 82.2 cm³/mol. The number of rotatable bonds is 2. The Hall–Kier alpha value is -2.52. The zero-order valence-electron chi connectivity index (χ0n) is 11.5. The Kier molecular flexibility index (Phi) is 2.79. The minimum Gasteiger partial charge on any atom is -0.309 e. The lowest BCUT2D eigenvalue weighted by molar-refractivity contribution is 0.103. The molecule has 3 nitrogen and oxygen atoms in total. The molecule has 0 saturated heterocycles. The molecule has 2 aromatic carbocycles. The Morgan fingerprint density at radius 2 is 1.81 bits per heavy atom. The first kappa shape index (κ1) is 12.2. The lowest BCUT2D eigenvalue weighted by Gasteiger charge is -2.05. The number of carbonyl (C=O) groups is 1. The van der Waals surface area contributed by atoms with E-state index in [0.717, 1.165) is 29.6 Å². The second-order valence-corrected chi connectivity index (χ2v) is 5.33. The standard InChI is InChI=1S/C18H14N2O/c21-18(13-5-6-14-9-19-10-15(14)8-13)16-7-12-3-1-2-4-17(12)20-11-16/h1-8,11,19H,9-10H2. The van der Waals surface area contributed by atoms with Crippen LogP contribution in [0.15, 0.2) is 54.7 Å². The first-order valence-corrected chi connectivity index (χ1v) is 7.03. The number of fused-ring (bicyclic) bond motifs is 2. The van der Waals surface area contributed by atoms with Crippen molar-refractivity contribution in [1.82, 2.24) is 10.3 Å². The van der Waals surface area contributed by atoms with Gasteiger partial charge in [-0.05, 0) is 29.3 Å². The monoisotopic (exact) mass is 274 g/mol. The Bertz CT molecular complexity index is 855. The number of carbonyl (C=O) groups excluding carboxylic acids is 1. The van der Waals surface area contributed by atoms with Gasteiger partial charge in [-0.25, -0.2) is 0 Å². The van der Waals surface area contributed by atoms with Crippen molar-refractivity contribution in [2.45, 2.75) is 13.1 Å². The van der Waals surface area contributed by atoms with Crippen molar-refractivity contribution in [3.05, 3.63) is 77.0 Å². The number of hydrogen-bond donors (Lipinski definition) is 1. The van der Waals surface area contributed by atoms with Crippen LogP contribution in [0, 0.1) is 0 Å². The fourth-order valence-corrected chi connectivity index (χ4v) is 2.80. The molecule has 0 spiro atoms. The maximum Gasteiger partial charge on any atom is 0.194 e. The number of benzene rings is 2. The van der Waals surface area contributed by atoms with Crippen molar-refractivity contribution in [1.29, 1.82) is 0 Å². The van der Waals surface area contributed by atoms with E-state index in [2.05, 4.69) is 10.3 Å². The molecule has 0 aliphatic carbocycles. The average Bonchev–Trinajstić information content (AvgIpc) is 3.01. The summed E-state index contributed by atoms with van der Waals surface area (Å²) < 4.78 is 0. The molecule has 1 aliphatic rings. The smallest absolute Gasteiger partial charge is 0.194 e. The van der Waals surface area contributed by atoms with E-state index in [1.165, 1.54) is 11.1 Å². The topological polar surface area (TPSA) is 42.0 Å². The molecule has 1 aromatic heterocycles. The summed E-state index contributed by atoms with van der Waals surface area (Å²) in [6, 6.07) is 15.7. The molecule has 4 rings (SSSR count). The number of nitrogens with zero attached hydrogens (tertiary/aromatic N) is 1. The summed E-state index contributed by atoms with van der Waals surface area (Å²) >= 11 is 0. The third kappa shape index (κ3) is 2.12. The SMILES string of the molecule is O=C(c1ccc2c(c1)CNC2)c1cnc2ccccc2c1. The number of nitrogens with one attached hydrogen (secondary N) is 1. The molecule has 3 heteroatoms. The van der Waals surface area contributed by atoms with Crippen LogP contribution in [0.4, 0.5) is 0 Å². The van der Waals surface area contributed by atoms with Gasteiger partial charge in [0, 0.05) is 35.8 Å². The van der Waals surface area contributed by atoms with Crippen LogP contribution in [0.3, 0.4) is 0 Å². The van der Waals surface area contributed by atoms with Gasteiger partial charge in [0.15, 0.2) is 5.78 Å². The number of ketones is 1. The van der Waals surface area contributed by atoms with E-state index >= 15 is 0 Å². The van der Waals surface area contributed by atoms with E-state index in [-0.39, 0.29) is 5.78 Å². The van der Waals surface area contributed by atoms with Gasteiger partial charge in [0.1, 0.15) is 0 Å². The van der Waals surface area contributed by atoms with Crippen LogP contribution in [0.25, 0.3) is 10.9 Å². The molecule has 1 aliphatic heterocycles. The largest absolute Gasteiger partial charge is 0.309 e. The molecule has 2 heterocycles. The minimum absolute atomic E-state index is 0.0305. The van der Waals surface area contributed by atoms with E-state index in [9.17, 15) is 4.79 Å². The van der Waals surface area contributed by atoms with Crippen molar-refractivity contribution in [3.63, 3.8) is 0 Å². The van der Waals surface area contributed by atoms with Gasteiger partial charge in [-0.1, -0.05) is 30.3 Å². The van der Waals surface area contributed by atoms with Crippen LogP contribution in [0.5, 0.6) is 0 Å². The second kappa shape index (κ2) is 4.79. The Balaban J connectivity index is 1.75. The van der Waals surface area contributed by atoms with E-state index < -0.39 is 0 Å². The zero-order chi connectivity index (χ0) is 14.2. The third-order valence-corrected chi connectivity index (χ3v) is 3.95. The van der Waals surface area contributed by atoms with Crippen molar-refractivity contribution < 1.29 is 4.79 Å². The quantitative estimate of drug-likeness (QED) is 0.730. The zero-order valence-corrected chi connectivity index (χ0v) is 11.5. The molecule has 0 atom stereocenters. The summed E-state index contributed by atoms with van der Waals surface area (Å²) in [6.45, 7) is 1.73. The van der Waals surface area contributed by atoms with Gasteiger partial charge in [0.25, 0.3) is 0 Å². The van der Waals surface area contributed by atoms with Gasteiger partial charge < -0.3 is 5.32 Å². The summed E-state index contributed by atoms with van der Waals surface area (Å²) in [4.78, 5) is 17.0. The van der Waals surface area contributed by atoms with Crippen molar-refractivity contribution in [3.8, 4) is 0 Å². The van der Waals surface area contributed by atoms with Crippen molar-refractivity contribution >= 4 is 16.7 Å². The number of para-hydroxylation sites is 1. The van der Waals surface area contributed by atoms with Gasteiger partial charge >= 0.3 is 0 Å². The molecule has 0 fully saturated rings. The van der Waals surface area contributed by atoms with Gasteiger partial charge in [0.05, 0.1) is 5.52 Å². The Morgan fingerprint density at radius 1 is 0.952 bits per heavy atom. The van der Waals surface area contributed by atoms with E-state index in [1.807, 2.05) is 48.5 Å². The summed E-state index contributed by atoms with van der Waals surface area (Å²) in [6.07, 6.45) is 1.66. The highest BCUT2D eigenvalue weighted by atomic mass is 16.1. The van der Waals surface area contributed by atoms with Gasteiger partial charge in [-0.2, -0.15) is 0 Å². The summed E-state index contributed by atoms with van der Waals surface area (Å²) in [5.74, 6) is 0.0305. The molecule has 3 aromatic rings. The van der Waals surface area contributed by atoms with Crippen molar-refractivity contribution in [2.24, 2.45) is 0 Å². The van der Waals surface area contributed by atoms with Crippen LogP contribution >= 0.6 is 0 Å². The highest BCUT2D eigenvalue weighted by molar-refractivity contribution is 6.10. The first-order chi connectivity index (χ1) is 10.3. The number of pyridine rings is 1. The fraction of sp³-hybridized carbons (Fsp3) is 0.111. The van der Waals surface area contributed by atoms with Gasteiger partial charge in [0.2, 0.25) is 0 Å². The molecule has 0 bridgehead atoms. The molecule has 102 valence electrons. The van der Waals surface area contributed by atoms with Crippen LogP contribution in [0.2, 0.25) is 0 Å². The molecule has 0 amide bonds. The second-order valence-electron chi connectivity index (χ2n) is 5.33. The normalized spacial score (nSPS) is 13.3. The fourth-order valence-electron chi connectivity index (χ4n) is 2.80. The summed E-state index contributed by atoms with van der Waals surface area (Å²) in [7, 11) is 0. The molecule has 0 unspecified atom stereocenters. The van der Waals surface area contributed by atoms with Crippen LogP contribution in [0.1, 0.15) is 27.0 Å². The first-order valence-electron chi connectivity index (χ1n) is 7.03. The van der Waals surface area contributed by atoms with Crippen molar-refractivity contribution in [2.75, 3.05) is 0 Å². The van der Waals surface area contributed by atoms with Crippen LogP contribution in [-0.4, -0.2) is 10.8 Å². The number of hydrogen-bond acceptors (Lipinski definition) is 3. The average molecular weight is 274 g/mol. The maximum atomic E-state index is 12.6. The molecule has 21 heavy (non-hydrogen) atoms. The Labute approximate surface area is 122 Å². The predicted octanol–water partition coefficient (Wildman–Crippen LogP) is 3.07. The lowest BCUT2D eigenvalue weighted by Crippen LogP contribution is -2.03.